The molecule has 0 bridgehead atoms. The van der Waals surface area contributed by atoms with Gasteiger partial charge in [-0.1, -0.05) is 26.7 Å². The number of hydrogen-bond acceptors (Lipinski definition) is 2. The highest BCUT2D eigenvalue weighted by Gasteiger charge is 1.98. The Morgan fingerprint density at radius 1 is 1.33 bits per heavy atom. The van der Waals surface area contributed by atoms with Crippen LogP contribution in [0.5, 0.6) is 0 Å². The molecule has 0 aromatic heterocycles. The summed E-state index contributed by atoms with van der Waals surface area (Å²) in [6.45, 7) is 5.66. The van der Waals surface area contributed by atoms with Crippen molar-refractivity contribution in [1.82, 2.24) is 5.32 Å². The lowest BCUT2D eigenvalue weighted by Gasteiger charge is -2.13. The Hall–Kier alpha value is -0.0151. The Balaban J connectivity index is 3.02. The first-order chi connectivity index (χ1) is 5.81. The third-order valence-corrected chi connectivity index (χ3v) is 1.66. The molecule has 0 amide bonds. The van der Waals surface area contributed by atoms with Gasteiger partial charge < -0.3 is 10.1 Å². The van der Waals surface area contributed by atoms with Crippen LogP contribution in [-0.2, 0) is 4.74 Å². The van der Waals surface area contributed by atoms with E-state index in [1.54, 1.807) is 0 Å². The third kappa shape index (κ3) is 8.09. The summed E-state index contributed by atoms with van der Waals surface area (Å²) in [5, 5.41) is 3.11. The van der Waals surface area contributed by atoms with Crippen molar-refractivity contribution in [3.05, 3.63) is 0 Å². The molecule has 0 fully saturated rings. The van der Waals surface area contributed by atoms with Crippen LogP contribution in [0.15, 0.2) is 0 Å². The fourth-order valence-electron chi connectivity index (χ4n) is 0.909. The summed E-state index contributed by atoms with van der Waals surface area (Å²) in [6.07, 6.45) is 4.48. The van der Waals surface area contributed by atoms with E-state index >= 15 is 0 Å². The topological polar surface area (TPSA) is 21.3 Å². The maximum atomic E-state index is 5.75. The zero-order chi connectivity index (χ0) is 9.23. The highest BCUT2D eigenvalue weighted by molar-refractivity contribution is 6.11. The molecule has 0 aromatic rings. The molecule has 1 N–H and O–H groups in total. The molecule has 0 spiro atoms. The largest absolute Gasteiger partial charge is 0.366 e. The molecule has 0 aromatic carbocycles. The lowest BCUT2D eigenvalue weighted by molar-refractivity contribution is 0.114. The van der Waals surface area contributed by atoms with E-state index in [0.717, 1.165) is 19.4 Å². The Labute approximate surface area is 77.5 Å². The van der Waals surface area contributed by atoms with E-state index in [4.69, 9.17) is 12.6 Å². The van der Waals surface area contributed by atoms with Crippen molar-refractivity contribution in [2.45, 2.75) is 45.5 Å². The van der Waals surface area contributed by atoms with E-state index in [1.807, 2.05) is 0 Å². The highest BCUT2D eigenvalue weighted by atomic mass is 16.5. The smallest absolute Gasteiger partial charge is 0.0960 e. The van der Waals surface area contributed by atoms with Gasteiger partial charge in [0, 0.05) is 6.61 Å². The van der Waals surface area contributed by atoms with Crippen LogP contribution in [0.3, 0.4) is 0 Å². The van der Waals surface area contributed by atoms with E-state index in [0.29, 0.717) is 6.73 Å². The van der Waals surface area contributed by atoms with Crippen molar-refractivity contribution >= 4 is 7.85 Å². The average molecular weight is 169 g/mol. The number of nitrogens with one attached hydrogen (secondary N) is 1. The molecule has 0 aliphatic carbocycles. The minimum absolute atomic E-state index is 0.0989. The van der Waals surface area contributed by atoms with Crippen LogP contribution in [0.1, 0.15) is 39.5 Å². The Kier molecular flexibility index (Phi) is 9.06. The van der Waals surface area contributed by atoms with E-state index in [-0.39, 0.29) is 5.94 Å². The van der Waals surface area contributed by atoms with Crippen molar-refractivity contribution in [3.63, 3.8) is 0 Å². The second-order valence-corrected chi connectivity index (χ2v) is 3.01. The molecular formula is C9H20BNO. The number of rotatable bonds is 8. The lowest BCUT2D eigenvalue weighted by Crippen LogP contribution is -2.31. The van der Waals surface area contributed by atoms with Crippen molar-refractivity contribution in [1.29, 1.82) is 0 Å². The Morgan fingerprint density at radius 3 is 2.67 bits per heavy atom. The predicted octanol–water partition coefficient (Wildman–Crippen LogP) is 1.64. The van der Waals surface area contributed by atoms with Gasteiger partial charge in [0.15, 0.2) is 0 Å². The van der Waals surface area contributed by atoms with Crippen molar-refractivity contribution in [2.24, 2.45) is 0 Å². The minimum atomic E-state index is 0.0989. The first-order valence-electron chi connectivity index (χ1n) is 4.88. The fraction of sp³-hybridized carbons (Fsp3) is 1.00. The summed E-state index contributed by atoms with van der Waals surface area (Å²) >= 11 is 0. The molecule has 2 nitrogen and oxygen atoms in total. The first kappa shape index (κ1) is 12.0. The summed E-state index contributed by atoms with van der Waals surface area (Å²) in [6, 6.07) is 0. The normalized spacial score (nSPS) is 13.2. The molecule has 0 aliphatic rings. The second kappa shape index (κ2) is 9.08. The molecule has 0 aliphatic heterocycles. The molecule has 0 unspecified atom stereocenters. The van der Waals surface area contributed by atoms with Gasteiger partial charge in [-0.05, 0) is 18.8 Å². The predicted molar refractivity (Wildman–Crippen MR) is 53.3 cm³/mol. The summed E-state index contributed by atoms with van der Waals surface area (Å²) in [4.78, 5) is 0. The van der Waals surface area contributed by atoms with Crippen LogP contribution < -0.4 is 5.32 Å². The maximum absolute atomic E-state index is 5.75. The van der Waals surface area contributed by atoms with Crippen LogP contribution >= 0.6 is 0 Å². The molecular weight excluding hydrogens is 149 g/mol. The fourth-order valence-corrected chi connectivity index (χ4v) is 0.909. The summed E-state index contributed by atoms with van der Waals surface area (Å²) in [5.74, 6) is 0.0989. The van der Waals surface area contributed by atoms with E-state index in [1.165, 1.54) is 12.8 Å². The van der Waals surface area contributed by atoms with Gasteiger partial charge in [0.1, 0.15) is 0 Å². The zero-order valence-corrected chi connectivity index (χ0v) is 8.31. The number of unbranched alkanes of at least 4 members (excludes halogenated alkanes) is 1. The zero-order valence-electron chi connectivity index (χ0n) is 8.31. The van der Waals surface area contributed by atoms with Gasteiger partial charge in [0.05, 0.1) is 14.6 Å². The van der Waals surface area contributed by atoms with E-state index in [9.17, 15) is 0 Å². The van der Waals surface area contributed by atoms with Gasteiger partial charge in [0.2, 0.25) is 0 Å². The Bertz CT molecular complexity index is 90.6. The van der Waals surface area contributed by atoms with Crippen molar-refractivity contribution < 1.29 is 4.74 Å². The van der Waals surface area contributed by atoms with Gasteiger partial charge >= 0.3 is 0 Å². The monoisotopic (exact) mass is 169 g/mol. The highest BCUT2D eigenvalue weighted by Crippen LogP contribution is 1.96. The van der Waals surface area contributed by atoms with E-state index < -0.39 is 0 Å². The third-order valence-electron chi connectivity index (χ3n) is 1.66. The molecule has 2 radical (unpaired) electrons. The molecule has 0 rings (SSSR count). The molecule has 70 valence electrons. The van der Waals surface area contributed by atoms with E-state index in [2.05, 4.69) is 19.2 Å². The van der Waals surface area contributed by atoms with Crippen LogP contribution in [0, 0.1) is 0 Å². The summed E-state index contributed by atoms with van der Waals surface area (Å²) in [7, 11) is 5.75. The molecule has 12 heavy (non-hydrogen) atoms. The molecule has 1 atom stereocenters. The molecule has 0 heterocycles. The quantitative estimate of drug-likeness (QED) is 0.339. The number of ether oxygens (including phenoxy) is 1. The van der Waals surface area contributed by atoms with Crippen molar-refractivity contribution in [2.75, 3.05) is 13.3 Å². The van der Waals surface area contributed by atoms with Crippen LogP contribution in [0.2, 0.25) is 0 Å². The van der Waals surface area contributed by atoms with Gasteiger partial charge in [-0.3, -0.25) is 0 Å². The molecule has 0 saturated carbocycles. The van der Waals surface area contributed by atoms with Gasteiger partial charge in [-0.25, -0.2) is 0 Å². The first-order valence-corrected chi connectivity index (χ1v) is 4.88. The lowest BCUT2D eigenvalue weighted by atomic mass is 9.91. The van der Waals surface area contributed by atoms with Crippen LogP contribution in [0.4, 0.5) is 0 Å². The maximum Gasteiger partial charge on any atom is 0.0960 e. The standard InChI is InChI=1S/C9H20BNO/c1-3-5-6-9(10)11-8-12-7-4-2/h9,11H,3-8H2,1-2H3/t9-/m1/s1. The van der Waals surface area contributed by atoms with Crippen molar-refractivity contribution in [3.8, 4) is 0 Å². The van der Waals surface area contributed by atoms with Gasteiger partial charge in [-0.15, -0.1) is 0 Å². The SMILES string of the molecule is [B][C@@H](CCCC)NCOCCC. The van der Waals surface area contributed by atoms with Gasteiger partial charge in [-0.2, -0.15) is 0 Å². The average Bonchev–Trinajstić information content (AvgIpc) is 2.09. The van der Waals surface area contributed by atoms with Crippen LogP contribution in [0.25, 0.3) is 0 Å². The summed E-state index contributed by atoms with van der Waals surface area (Å²) in [5.41, 5.74) is 0. The van der Waals surface area contributed by atoms with Crippen LogP contribution in [-0.4, -0.2) is 27.1 Å². The number of hydrogen-bond donors (Lipinski definition) is 1. The second-order valence-electron chi connectivity index (χ2n) is 3.01. The summed E-state index contributed by atoms with van der Waals surface area (Å²) < 4.78 is 5.24. The minimum Gasteiger partial charge on any atom is -0.366 e. The molecule has 0 saturated heterocycles. The molecule has 3 heteroatoms. The van der Waals surface area contributed by atoms with Gasteiger partial charge in [0.25, 0.3) is 0 Å². The Morgan fingerprint density at radius 2 is 2.08 bits per heavy atom.